The molecule has 1 aliphatic rings. The van der Waals surface area contributed by atoms with Crippen LogP contribution >= 0.6 is 11.6 Å². The lowest BCUT2D eigenvalue weighted by Gasteiger charge is -2.34. The first-order valence-electron chi connectivity index (χ1n) is 10.2. The molecule has 30 heavy (non-hydrogen) atoms. The number of anilines is 1. The Hall–Kier alpha value is -2.41. The van der Waals surface area contributed by atoms with Gasteiger partial charge in [0.15, 0.2) is 0 Å². The minimum atomic E-state index is -0.0752. The Morgan fingerprint density at radius 1 is 0.967 bits per heavy atom. The Balaban J connectivity index is 1.45. The topological polar surface area (TPSA) is 55.9 Å². The van der Waals surface area contributed by atoms with Gasteiger partial charge in [-0.15, -0.1) is 0 Å². The van der Waals surface area contributed by atoms with E-state index in [0.717, 1.165) is 44.2 Å². The molecular weight excluding hydrogens is 400 g/mol. The molecule has 0 bridgehead atoms. The van der Waals surface area contributed by atoms with Crippen LogP contribution < -0.4 is 5.32 Å². The number of benzene rings is 2. The van der Waals surface area contributed by atoms with E-state index < -0.39 is 0 Å². The second-order valence-electron chi connectivity index (χ2n) is 7.87. The fraction of sp³-hybridized carbons (Fsp3) is 0.391. The van der Waals surface area contributed by atoms with Crippen LogP contribution in [0, 0.1) is 0 Å². The summed E-state index contributed by atoms with van der Waals surface area (Å²) < 4.78 is 0. The van der Waals surface area contributed by atoms with Gasteiger partial charge < -0.3 is 15.1 Å². The molecule has 0 unspecified atom stereocenters. The maximum absolute atomic E-state index is 12.8. The van der Waals surface area contributed by atoms with Crippen molar-refractivity contribution in [3.05, 3.63) is 64.7 Å². The summed E-state index contributed by atoms with van der Waals surface area (Å²) in [4.78, 5) is 30.7. The molecule has 1 heterocycles. The lowest BCUT2D eigenvalue weighted by Crippen LogP contribution is -2.49. The molecule has 1 saturated heterocycles. The van der Waals surface area contributed by atoms with E-state index in [1.54, 1.807) is 24.3 Å². The van der Waals surface area contributed by atoms with Crippen molar-refractivity contribution in [2.75, 3.05) is 58.7 Å². The molecule has 160 valence electrons. The number of hydrogen-bond donors (Lipinski definition) is 1. The highest BCUT2D eigenvalue weighted by atomic mass is 35.5. The van der Waals surface area contributed by atoms with Crippen LogP contribution in [0.15, 0.2) is 48.5 Å². The second-order valence-corrected chi connectivity index (χ2v) is 8.31. The van der Waals surface area contributed by atoms with Gasteiger partial charge in [0.2, 0.25) is 5.91 Å². The standard InChI is InChI=1S/C23H29ClN4O2/c1-26(2)17-22(29)25-21-9-5-19(6-10-21)23(30)28-15-13-27(14-16-28)12-11-18-3-7-20(24)8-4-18/h3-10H,11-17H2,1-2H3,(H,25,29). The molecule has 7 heteroatoms. The van der Waals surface area contributed by atoms with Gasteiger partial charge in [-0.25, -0.2) is 0 Å². The third-order valence-electron chi connectivity index (χ3n) is 5.16. The molecular formula is C23H29ClN4O2. The molecule has 6 nitrogen and oxygen atoms in total. The molecule has 1 fully saturated rings. The van der Waals surface area contributed by atoms with Gasteiger partial charge in [0.05, 0.1) is 6.54 Å². The zero-order chi connectivity index (χ0) is 21.5. The summed E-state index contributed by atoms with van der Waals surface area (Å²) in [5.74, 6) is -0.0349. The zero-order valence-electron chi connectivity index (χ0n) is 17.6. The smallest absolute Gasteiger partial charge is 0.253 e. The largest absolute Gasteiger partial charge is 0.336 e. The summed E-state index contributed by atoms with van der Waals surface area (Å²) in [5, 5.41) is 3.59. The lowest BCUT2D eigenvalue weighted by molar-refractivity contribution is -0.116. The maximum Gasteiger partial charge on any atom is 0.253 e. The van der Waals surface area contributed by atoms with Crippen molar-refractivity contribution in [2.24, 2.45) is 0 Å². The van der Waals surface area contributed by atoms with E-state index in [4.69, 9.17) is 11.6 Å². The molecule has 2 amide bonds. The van der Waals surface area contributed by atoms with Gasteiger partial charge in [-0.1, -0.05) is 23.7 Å². The molecule has 3 rings (SSSR count). The third-order valence-corrected chi connectivity index (χ3v) is 5.42. The third kappa shape index (κ3) is 6.55. The van der Waals surface area contributed by atoms with E-state index in [2.05, 4.69) is 22.3 Å². The molecule has 0 aromatic heterocycles. The summed E-state index contributed by atoms with van der Waals surface area (Å²) >= 11 is 5.94. The fourth-order valence-electron chi connectivity index (χ4n) is 3.48. The Bertz CT molecular complexity index is 845. The summed E-state index contributed by atoms with van der Waals surface area (Å²) in [7, 11) is 3.69. The van der Waals surface area contributed by atoms with E-state index in [1.165, 1.54) is 5.56 Å². The van der Waals surface area contributed by atoms with Crippen LogP contribution in [0.25, 0.3) is 0 Å². The molecule has 1 N–H and O–H groups in total. The normalized spacial score (nSPS) is 14.7. The van der Waals surface area contributed by atoms with Crippen LogP contribution in [0.2, 0.25) is 5.02 Å². The molecule has 0 atom stereocenters. The highest BCUT2D eigenvalue weighted by molar-refractivity contribution is 6.30. The lowest BCUT2D eigenvalue weighted by atomic mass is 10.1. The van der Waals surface area contributed by atoms with E-state index in [9.17, 15) is 9.59 Å². The number of carbonyl (C=O) groups is 2. The van der Waals surface area contributed by atoms with Crippen LogP contribution in [0.1, 0.15) is 15.9 Å². The predicted octanol–water partition coefficient (Wildman–Crippen LogP) is 2.84. The maximum atomic E-state index is 12.8. The SMILES string of the molecule is CN(C)CC(=O)Nc1ccc(C(=O)N2CCN(CCc3ccc(Cl)cc3)CC2)cc1. The molecule has 0 aliphatic carbocycles. The summed E-state index contributed by atoms with van der Waals surface area (Å²) in [6, 6.07) is 15.1. The van der Waals surface area contributed by atoms with Crippen molar-refractivity contribution in [3.8, 4) is 0 Å². The van der Waals surface area contributed by atoms with Gasteiger partial charge in [-0.05, 0) is 62.5 Å². The highest BCUT2D eigenvalue weighted by Gasteiger charge is 2.22. The Morgan fingerprint density at radius 2 is 1.60 bits per heavy atom. The number of nitrogens with zero attached hydrogens (tertiary/aromatic N) is 3. The highest BCUT2D eigenvalue weighted by Crippen LogP contribution is 2.14. The molecule has 0 saturated carbocycles. The number of hydrogen-bond acceptors (Lipinski definition) is 4. The van der Waals surface area contributed by atoms with Gasteiger partial charge >= 0.3 is 0 Å². The molecule has 0 spiro atoms. The number of rotatable bonds is 7. The monoisotopic (exact) mass is 428 g/mol. The van der Waals surface area contributed by atoms with Gasteiger partial charge in [-0.2, -0.15) is 0 Å². The van der Waals surface area contributed by atoms with Crippen molar-refractivity contribution in [3.63, 3.8) is 0 Å². The number of halogens is 1. The van der Waals surface area contributed by atoms with Crippen LogP contribution in [0.3, 0.4) is 0 Å². The summed E-state index contributed by atoms with van der Waals surface area (Å²) in [6.07, 6.45) is 0.978. The predicted molar refractivity (Wildman–Crippen MR) is 121 cm³/mol. The average molecular weight is 429 g/mol. The van der Waals surface area contributed by atoms with Crippen molar-refractivity contribution in [1.29, 1.82) is 0 Å². The Morgan fingerprint density at radius 3 is 2.20 bits per heavy atom. The number of nitrogens with one attached hydrogen (secondary N) is 1. The zero-order valence-corrected chi connectivity index (χ0v) is 18.4. The van der Waals surface area contributed by atoms with Gasteiger partial charge in [0.25, 0.3) is 5.91 Å². The first-order chi connectivity index (χ1) is 14.4. The number of piperazine rings is 1. The van der Waals surface area contributed by atoms with Crippen LogP contribution in [0.5, 0.6) is 0 Å². The minimum Gasteiger partial charge on any atom is -0.336 e. The van der Waals surface area contributed by atoms with Crippen molar-refractivity contribution >= 4 is 29.1 Å². The van der Waals surface area contributed by atoms with Crippen LogP contribution in [-0.4, -0.2) is 79.9 Å². The van der Waals surface area contributed by atoms with E-state index >= 15 is 0 Å². The van der Waals surface area contributed by atoms with Crippen molar-refractivity contribution in [1.82, 2.24) is 14.7 Å². The molecule has 2 aromatic rings. The van der Waals surface area contributed by atoms with E-state index in [-0.39, 0.29) is 11.8 Å². The second kappa shape index (κ2) is 10.6. The Labute approximate surface area is 183 Å². The van der Waals surface area contributed by atoms with Crippen molar-refractivity contribution < 1.29 is 9.59 Å². The van der Waals surface area contributed by atoms with E-state index in [1.807, 2.05) is 36.0 Å². The molecule has 0 radical (unpaired) electrons. The number of amides is 2. The van der Waals surface area contributed by atoms with Gasteiger partial charge in [0.1, 0.15) is 0 Å². The van der Waals surface area contributed by atoms with Crippen LogP contribution in [0.4, 0.5) is 5.69 Å². The fourth-order valence-corrected chi connectivity index (χ4v) is 3.61. The van der Waals surface area contributed by atoms with Crippen molar-refractivity contribution in [2.45, 2.75) is 6.42 Å². The van der Waals surface area contributed by atoms with Gasteiger partial charge in [-0.3, -0.25) is 14.5 Å². The molecule has 2 aromatic carbocycles. The first kappa shape index (κ1) is 22.3. The minimum absolute atomic E-state index is 0.0403. The van der Waals surface area contributed by atoms with Crippen LogP contribution in [-0.2, 0) is 11.2 Å². The van der Waals surface area contributed by atoms with E-state index in [0.29, 0.717) is 17.8 Å². The first-order valence-corrected chi connectivity index (χ1v) is 10.6. The average Bonchev–Trinajstić information content (AvgIpc) is 2.73. The summed E-state index contributed by atoms with van der Waals surface area (Å²) in [6.45, 7) is 4.49. The number of carbonyl (C=O) groups excluding carboxylic acids is 2. The summed E-state index contributed by atoms with van der Waals surface area (Å²) in [5.41, 5.74) is 2.62. The van der Waals surface area contributed by atoms with Gasteiger partial charge in [0, 0.05) is 49.0 Å². The quantitative estimate of drug-likeness (QED) is 0.736. The Kier molecular flexibility index (Phi) is 7.85. The molecule has 1 aliphatic heterocycles. The number of likely N-dealkylation sites (N-methyl/N-ethyl adjacent to an activating group) is 1.